The molecule has 40 heavy (non-hydrogen) atoms. The van der Waals surface area contributed by atoms with Gasteiger partial charge in [0.15, 0.2) is 5.75 Å². The molecule has 2 aromatic heterocycles. The summed E-state index contributed by atoms with van der Waals surface area (Å²) in [6.45, 7) is 1.84. The second-order valence-electron chi connectivity index (χ2n) is 9.58. The summed E-state index contributed by atoms with van der Waals surface area (Å²) < 4.78 is 59.8. The number of carboxylic acids is 1. The monoisotopic (exact) mass is 568 g/mol. The molecule has 1 fully saturated rings. The fraction of sp³-hybridized carbons (Fsp3) is 0.207. The van der Waals surface area contributed by atoms with E-state index in [-0.39, 0.29) is 41.0 Å². The Labute approximate surface area is 230 Å². The van der Waals surface area contributed by atoms with Crippen LogP contribution >= 0.6 is 11.6 Å². The first-order valence-corrected chi connectivity index (χ1v) is 12.7. The van der Waals surface area contributed by atoms with Crippen LogP contribution in [0, 0.1) is 6.92 Å². The van der Waals surface area contributed by atoms with E-state index in [1.54, 1.807) is 6.07 Å². The first-order valence-electron chi connectivity index (χ1n) is 12.3. The van der Waals surface area contributed by atoms with Crippen LogP contribution in [0.4, 0.5) is 13.2 Å². The molecule has 3 heterocycles. The standard InChI is InChI=1S/C29H20ClF3N2O5/c1-14-3-2-4-20(30)24(14)25-18(27(40-35-25)15-5-6-15)13-38-23-10-9-21-26(34-23)19(29(31,32)33)11-16-7-8-17(28(36)37)12-22(16)39-21/h2-4,7-12,15H,5-6,13H2,1H3,(H,36,37). The number of carboxylic acid groups (broad SMARTS) is 1. The van der Waals surface area contributed by atoms with Gasteiger partial charge in [-0.15, -0.1) is 0 Å². The van der Waals surface area contributed by atoms with Crippen molar-refractivity contribution in [3.05, 3.63) is 87.3 Å². The molecule has 1 saturated carbocycles. The Bertz CT molecular complexity index is 1670. The second kappa shape index (κ2) is 9.71. The molecule has 4 aromatic rings. The number of carbonyl (C=O) groups is 1. The molecule has 1 aliphatic heterocycles. The van der Waals surface area contributed by atoms with Gasteiger partial charge < -0.3 is 19.1 Å². The van der Waals surface area contributed by atoms with E-state index in [1.807, 2.05) is 19.1 Å². The van der Waals surface area contributed by atoms with Gasteiger partial charge in [-0.05, 0) is 55.7 Å². The Kier molecular flexibility index (Phi) is 6.29. The number of benzene rings is 2. The Hall–Kier alpha value is -4.31. The lowest BCUT2D eigenvalue weighted by Crippen LogP contribution is -2.12. The van der Waals surface area contributed by atoms with E-state index < -0.39 is 23.4 Å². The third-order valence-corrected chi connectivity index (χ3v) is 7.08. The van der Waals surface area contributed by atoms with Crippen molar-refractivity contribution < 1.29 is 37.1 Å². The lowest BCUT2D eigenvalue weighted by molar-refractivity contribution is -0.0686. The van der Waals surface area contributed by atoms with Crippen molar-refractivity contribution >= 4 is 29.2 Å². The zero-order chi connectivity index (χ0) is 28.2. The van der Waals surface area contributed by atoms with Crippen LogP contribution < -0.4 is 9.47 Å². The normalized spacial score (nSPS) is 14.5. The smallest absolute Gasteiger partial charge is 0.418 e. The van der Waals surface area contributed by atoms with Gasteiger partial charge in [0.1, 0.15) is 29.5 Å². The van der Waals surface area contributed by atoms with Crippen LogP contribution in [0.3, 0.4) is 0 Å². The van der Waals surface area contributed by atoms with Gasteiger partial charge in [0.05, 0.1) is 21.7 Å². The highest BCUT2D eigenvalue weighted by Gasteiger charge is 2.39. The Morgan fingerprint density at radius 1 is 1.12 bits per heavy atom. The predicted molar refractivity (Wildman–Crippen MR) is 140 cm³/mol. The molecule has 2 aliphatic rings. The number of allylic oxidation sites excluding steroid dienone is 1. The molecular weight excluding hydrogens is 549 g/mol. The molecule has 0 bridgehead atoms. The average molecular weight is 569 g/mol. The number of nitrogens with zero attached hydrogens (tertiary/aromatic N) is 2. The Morgan fingerprint density at radius 3 is 2.62 bits per heavy atom. The average Bonchev–Trinajstić information content (AvgIpc) is 3.69. The lowest BCUT2D eigenvalue weighted by Gasteiger charge is -2.15. The molecule has 0 atom stereocenters. The maximum absolute atomic E-state index is 14.2. The molecule has 1 aliphatic carbocycles. The van der Waals surface area contributed by atoms with E-state index in [1.165, 1.54) is 30.3 Å². The third-order valence-electron chi connectivity index (χ3n) is 6.76. The highest BCUT2D eigenvalue weighted by molar-refractivity contribution is 6.33. The molecule has 0 radical (unpaired) electrons. The van der Waals surface area contributed by atoms with Crippen LogP contribution in [0.1, 0.15) is 57.3 Å². The maximum Gasteiger partial charge on any atom is 0.418 e. The number of aryl methyl sites for hydroxylation is 1. The first kappa shape index (κ1) is 25.9. The van der Waals surface area contributed by atoms with Crippen LogP contribution in [0.25, 0.3) is 22.9 Å². The summed E-state index contributed by atoms with van der Waals surface area (Å²) in [5.74, 6) is -0.678. The number of hydrogen-bond acceptors (Lipinski definition) is 6. The van der Waals surface area contributed by atoms with E-state index in [2.05, 4.69) is 10.1 Å². The molecule has 2 aromatic carbocycles. The van der Waals surface area contributed by atoms with Crippen LogP contribution in [-0.2, 0) is 6.61 Å². The van der Waals surface area contributed by atoms with E-state index in [0.29, 0.717) is 27.6 Å². The van der Waals surface area contributed by atoms with Crippen molar-refractivity contribution in [1.29, 1.82) is 0 Å². The highest BCUT2D eigenvalue weighted by Crippen LogP contribution is 2.47. The van der Waals surface area contributed by atoms with Crippen LogP contribution in [-0.4, -0.2) is 27.4 Å². The zero-order valence-corrected chi connectivity index (χ0v) is 21.6. The number of aromatic carboxylic acids is 1. The van der Waals surface area contributed by atoms with Gasteiger partial charge in [-0.2, -0.15) is 13.2 Å². The summed E-state index contributed by atoms with van der Waals surface area (Å²) in [5.41, 5.74) is 1.17. The van der Waals surface area contributed by atoms with E-state index >= 15 is 0 Å². The number of ether oxygens (including phenoxy) is 2. The minimum atomic E-state index is -4.78. The number of fused-ring (bicyclic) bond motifs is 2. The number of alkyl halides is 3. The third kappa shape index (κ3) is 4.79. The molecule has 0 saturated heterocycles. The highest BCUT2D eigenvalue weighted by atomic mass is 35.5. The molecule has 7 nitrogen and oxygen atoms in total. The summed E-state index contributed by atoms with van der Waals surface area (Å²) in [7, 11) is 0. The number of halogens is 4. The molecule has 11 heteroatoms. The van der Waals surface area contributed by atoms with Crippen molar-refractivity contribution in [3.63, 3.8) is 0 Å². The van der Waals surface area contributed by atoms with E-state index in [9.17, 15) is 23.1 Å². The summed E-state index contributed by atoms with van der Waals surface area (Å²) in [6.07, 6.45) is -2.03. The predicted octanol–water partition coefficient (Wildman–Crippen LogP) is 8.06. The Morgan fingerprint density at radius 2 is 1.93 bits per heavy atom. The fourth-order valence-electron chi connectivity index (χ4n) is 4.62. The minimum absolute atomic E-state index is 0.0332. The molecule has 1 N–H and O–H groups in total. The quantitative estimate of drug-likeness (QED) is 0.251. The van der Waals surface area contributed by atoms with Crippen molar-refractivity contribution in [2.45, 2.75) is 38.5 Å². The van der Waals surface area contributed by atoms with Crippen molar-refractivity contribution in [2.75, 3.05) is 0 Å². The van der Waals surface area contributed by atoms with Gasteiger partial charge in [-0.3, -0.25) is 0 Å². The zero-order valence-electron chi connectivity index (χ0n) is 20.9. The number of aromatic nitrogens is 2. The van der Waals surface area contributed by atoms with E-state index in [0.717, 1.165) is 24.5 Å². The topological polar surface area (TPSA) is 94.7 Å². The van der Waals surface area contributed by atoms with Gasteiger partial charge in [0.25, 0.3) is 0 Å². The first-order chi connectivity index (χ1) is 19.1. The van der Waals surface area contributed by atoms with Crippen molar-refractivity contribution in [1.82, 2.24) is 10.1 Å². The Balaban J connectivity index is 1.37. The molecule has 0 unspecified atom stereocenters. The van der Waals surface area contributed by atoms with Crippen LogP contribution in [0.5, 0.6) is 17.4 Å². The minimum Gasteiger partial charge on any atom is -0.478 e. The molecular formula is C29H20ClF3N2O5. The summed E-state index contributed by atoms with van der Waals surface area (Å²) in [5, 5.41) is 14.0. The molecule has 0 amide bonds. The number of hydrogen-bond donors (Lipinski definition) is 1. The van der Waals surface area contributed by atoms with Gasteiger partial charge in [0, 0.05) is 23.1 Å². The summed E-state index contributed by atoms with van der Waals surface area (Å²) in [4.78, 5) is 15.5. The fourth-order valence-corrected chi connectivity index (χ4v) is 4.93. The molecule has 204 valence electrons. The number of rotatable bonds is 6. The van der Waals surface area contributed by atoms with E-state index in [4.69, 9.17) is 25.6 Å². The molecule has 6 rings (SSSR count). The SMILES string of the molecule is Cc1cccc(Cl)c1-c1noc(C2CC2)c1COc1ccc2c(n1)C(C(F)(F)F)=Cc1ccc(C(=O)O)cc1O2. The van der Waals surface area contributed by atoms with Gasteiger partial charge in [-0.25, -0.2) is 9.78 Å². The van der Waals surface area contributed by atoms with Crippen LogP contribution in [0.15, 0.2) is 53.1 Å². The summed E-state index contributed by atoms with van der Waals surface area (Å²) in [6, 6.07) is 11.8. The second-order valence-corrected chi connectivity index (χ2v) is 9.99. The lowest BCUT2D eigenvalue weighted by atomic mass is 10.0. The number of pyridine rings is 1. The van der Waals surface area contributed by atoms with Gasteiger partial charge in [0.2, 0.25) is 5.88 Å². The van der Waals surface area contributed by atoms with Crippen molar-refractivity contribution in [3.8, 4) is 28.6 Å². The summed E-state index contributed by atoms with van der Waals surface area (Å²) >= 11 is 6.48. The maximum atomic E-state index is 14.2. The van der Waals surface area contributed by atoms with Crippen LogP contribution in [0.2, 0.25) is 5.02 Å². The van der Waals surface area contributed by atoms with Crippen molar-refractivity contribution in [2.24, 2.45) is 0 Å². The molecule has 0 spiro atoms. The van der Waals surface area contributed by atoms with Gasteiger partial charge >= 0.3 is 12.1 Å². The largest absolute Gasteiger partial charge is 0.478 e. The van der Waals surface area contributed by atoms with Gasteiger partial charge in [-0.1, -0.05) is 35.0 Å².